The van der Waals surface area contributed by atoms with E-state index in [2.05, 4.69) is 48.6 Å². The molecule has 0 aliphatic carbocycles. The van der Waals surface area contributed by atoms with E-state index in [9.17, 15) is 0 Å². The monoisotopic (exact) mass is 342 g/mol. The molecule has 0 amide bonds. The van der Waals surface area contributed by atoms with Crippen LogP contribution in [0.5, 0.6) is 0 Å². The average molecular weight is 342 g/mol. The molecule has 0 aliphatic heterocycles. The first-order chi connectivity index (χ1) is 12.8. The van der Waals surface area contributed by atoms with Gasteiger partial charge in [-0.3, -0.25) is 9.67 Å². The summed E-state index contributed by atoms with van der Waals surface area (Å²) in [4.78, 5) is 13.2. The fraction of sp³-hybridized carbons (Fsp3) is 0.111. The van der Waals surface area contributed by atoms with Gasteiger partial charge in [-0.25, -0.2) is 14.6 Å². The zero-order valence-electron chi connectivity index (χ0n) is 14.0. The first-order valence-electron chi connectivity index (χ1n) is 8.14. The molecule has 8 nitrogen and oxygen atoms in total. The molecule has 0 atom stereocenters. The molecule has 0 saturated heterocycles. The highest BCUT2D eigenvalue weighted by atomic mass is 15.4. The third-order valence-electron chi connectivity index (χ3n) is 4.27. The smallest absolute Gasteiger partial charge is 0.221 e. The molecule has 0 N–H and O–H groups in total. The van der Waals surface area contributed by atoms with E-state index in [0.29, 0.717) is 17.8 Å². The van der Waals surface area contributed by atoms with E-state index in [0.717, 1.165) is 27.6 Å². The van der Waals surface area contributed by atoms with Crippen LogP contribution in [0.4, 0.5) is 0 Å². The van der Waals surface area contributed by atoms with Crippen LogP contribution in [-0.4, -0.2) is 39.7 Å². The molecule has 5 aromatic rings. The van der Waals surface area contributed by atoms with Gasteiger partial charge in [0.05, 0.1) is 24.6 Å². The molecule has 0 unspecified atom stereocenters. The molecular formula is C18H14N8. The second kappa shape index (κ2) is 5.69. The third-order valence-corrected chi connectivity index (χ3v) is 4.27. The van der Waals surface area contributed by atoms with Gasteiger partial charge in [-0.1, -0.05) is 17.3 Å². The Balaban J connectivity index is 1.55. The van der Waals surface area contributed by atoms with Crippen LogP contribution in [0.15, 0.2) is 55.2 Å². The van der Waals surface area contributed by atoms with Gasteiger partial charge in [0.1, 0.15) is 0 Å². The van der Waals surface area contributed by atoms with Gasteiger partial charge in [-0.2, -0.15) is 5.10 Å². The van der Waals surface area contributed by atoms with E-state index in [1.807, 2.05) is 25.5 Å². The number of pyridine rings is 1. The Morgan fingerprint density at radius 3 is 2.88 bits per heavy atom. The van der Waals surface area contributed by atoms with Gasteiger partial charge in [-0.05, 0) is 23.1 Å². The summed E-state index contributed by atoms with van der Waals surface area (Å²) in [5.74, 6) is 0. The van der Waals surface area contributed by atoms with Gasteiger partial charge in [0.2, 0.25) is 5.65 Å². The van der Waals surface area contributed by atoms with E-state index in [1.165, 1.54) is 0 Å². The maximum absolute atomic E-state index is 4.69. The molecular weight excluding hydrogens is 328 g/mol. The Kier molecular flexibility index (Phi) is 3.21. The maximum Gasteiger partial charge on any atom is 0.221 e. The van der Waals surface area contributed by atoms with Crippen LogP contribution in [0.2, 0.25) is 0 Å². The first-order valence-corrected chi connectivity index (χ1v) is 8.14. The summed E-state index contributed by atoms with van der Waals surface area (Å²) < 4.78 is 3.51. The van der Waals surface area contributed by atoms with E-state index >= 15 is 0 Å². The minimum Gasteiger partial charge on any atom is -0.275 e. The SMILES string of the molecule is Cn1cc(-c2cnc3nnn(Cc4ccc5cnccc5c4)c3n2)cn1. The molecule has 0 radical (unpaired) electrons. The van der Waals surface area contributed by atoms with Crippen LogP contribution >= 0.6 is 0 Å². The number of hydrogen-bond donors (Lipinski definition) is 0. The van der Waals surface area contributed by atoms with E-state index in [-0.39, 0.29) is 0 Å². The average Bonchev–Trinajstić information content (AvgIpc) is 3.28. The fourth-order valence-corrected chi connectivity index (χ4v) is 2.96. The molecule has 26 heavy (non-hydrogen) atoms. The number of fused-ring (bicyclic) bond motifs is 2. The van der Waals surface area contributed by atoms with Crippen molar-refractivity contribution in [3.05, 3.63) is 60.8 Å². The first kappa shape index (κ1) is 14.6. The largest absolute Gasteiger partial charge is 0.275 e. The quantitative estimate of drug-likeness (QED) is 0.500. The van der Waals surface area contributed by atoms with Gasteiger partial charge in [0.15, 0.2) is 5.65 Å². The van der Waals surface area contributed by atoms with Gasteiger partial charge < -0.3 is 0 Å². The van der Waals surface area contributed by atoms with Crippen molar-refractivity contribution >= 4 is 22.1 Å². The molecule has 0 saturated carbocycles. The predicted molar refractivity (Wildman–Crippen MR) is 96.2 cm³/mol. The van der Waals surface area contributed by atoms with Crippen molar-refractivity contribution in [1.82, 2.24) is 39.7 Å². The highest BCUT2D eigenvalue weighted by molar-refractivity contribution is 5.82. The molecule has 4 aromatic heterocycles. The Bertz CT molecular complexity index is 1240. The van der Waals surface area contributed by atoms with Crippen LogP contribution in [0.1, 0.15) is 5.56 Å². The molecule has 0 aliphatic rings. The Labute approximate surface area is 148 Å². The lowest BCUT2D eigenvalue weighted by Crippen LogP contribution is -2.03. The minimum absolute atomic E-state index is 0.530. The molecule has 126 valence electrons. The number of aromatic nitrogens is 8. The van der Waals surface area contributed by atoms with Crippen LogP contribution in [0, 0.1) is 0 Å². The van der Waals surface area contributed by atoms with Crippen LogP contribution < -0.4 is 0 Å². The summed E-state index contributed by atoms with van der Waals surface area (Å²) in [5, 5.41) is 14.8. The van der Waals surface area contributed by atoms with Crippen molar-refractivity contribution in [2.45, 2.75) is 6.54 Å². The topological polar surface area (TPSA) is 87.2 Å². The summed E-state index contributed by atoms with van der Waals surface area (Å²) in [6.07, 6.45) is 9.02. The van der Waals surface area contributed by atoms with Crippen molar-refractivity contribution in [3.8, 4) is 11.3 Å². The summed E-state index contributed by atoms with van der Waals surface area (Å²) in [5.41, 5.74) is 3.96. The zero-order valence-corrected chi connectivity index (χ0v) is 14.0. The number of hydrogen-bond acceptors (Lipinski definition) is 6. The van der Waals surface area contributed by atoms with Gasteiger partial charge in [-0.15, -0.1) is 5.10 Å². The summed E-state index contributed by atoms with van der Waals surface area (Å²) in [6.45, 7) is 0.569. The van der Waals surface area contributed by atoms with Gasteiger partial charge in [0.25, 0.3) is 0 Å². The van der Waals surface area contributed by atoms with Crippen molar-refractivity contribution in [3.63, 3.8) is 0 Å². The third kappa shape index (κ3) is 2.48. The number of rotatable bonds is 3. The molecule has 1 aromatic carbocycles. The van der Waals surface area contributed by atoms with E-state index in [1.54, 1.807) is 28.0 Å². The molecule has 0 bridgehead atoms. The zero-order chi connectivity index (χ0) is 17.5. The number of aryl methyl sites for hydroxylation is 1. The minimum atomic E-state index is 0.530. The van der Waals surface area contributed by atoms with Gasteiger partial charge in [0, 0.05) is 36.6 Å². The predicted octanol–water partition coefficient (Wildman–Crippen LogP) is 2.22. The summed E-state index contributed by atoms with van der Waals surface area (Å²) >= 11 is 0. The number of benzene rings is 1. The lowest BCUT2D eigenvalue weighted by Gasteiger charge is -2.04. The van der Waals surface area contributed by atoms with Crippen molar-refractivity contribution in [1.29, 1.82) is 0 Å². The fourth-order valence-electron chi connectivity index (χ4n) is 2.96. The molecule has 0 spiro atoms. The van der Waals surface area contributed by atoms with E-state index in [4.69, 9.17) is 0 Å². The van der Waals surface area contributed by atoms with Crippen molar-refractivity contribution in [2.75, 3.05) is 0 Å². The second-order valence-corrected chi connectivity index (χ2v) is 6.11. The summed E-state index contributed by atoms with van der Waals surface area (Å²) in [6, 6.07) is 8.25. The van der Waals surface area contributed by atoms with Gasteiger partial charge >= 0.3 is 0 Å². The second-order valence-electron chi connectivity index (χ2n) is 6.11. The highest BCUT2D eigenvalue weighted by Gasteiger charge is 2.11. The van der Waals surface area contributed by atoms with Crippen molar-refractivity contribution in [2.24, 2.45) is 7.05 Å². The molecule has 8 heteroatoms. The normalized spacial score (nSPS) is 11.4. The Morgan fingerprint density at radius 2 is 2.00 bits per heavy atom. The highest BCUT2D eigenvalue weighted by Crippen LogP contribution is 2.19. The Morgan fingerprint density at radius 1 is 1.04 bits per heavy atom. The Hall–Kier alpha value is -3.68. The van der Waals surface area contributed by atoms with E-state index < -0.39 is 0 Å². The standard InChI is InChI=1S/C18H14N8/c1-25-11-15(8-21-25)16-9-20-17-18(22-16)26(24-23-17)10-12-2-3-14-7-19-5-4-13(14)6-12/h2-9,11H,10H2,1H3. The maximum atomic E-state index is 4.69. The summed E-state index contributed by atoms with van der Waals surface area (Å²) in [7, 11) is 1.87. The van der Waals surface area contributed by atoms with Crippen molar-refractivity contribution < 1.29 is 0 Å². The molecule has 0 fully saturated rings. The van der Waals surface area contributed by atoms with Crippen LogP contribution in [0.3, 0.4) is 0 Å². The molecule has 5 rings (SSSR count). The lowest BCUT2D eigenvalue weighted by molar-refractivity contribution is 0.664. The van der Waals surface area contributed by atoms with Crippen LogP contribution in [0.25, 0.3) is 33.3 Å². The number of nitrogens with zero attached hydrogens (tertiary/aromatic N) is 8. The van der Waals surface area contributed by atoms with Crippen LogP contribution in [-0.2, 0) is 13.6 Å². The lowest BCUT2D eigenvalue weighted by atomic mass is 10.1. The molecule has 4 heterocycles.